The summed E-state index contributed by atoms with van der Waals surface area (Å²) in [6.45, 7) is 0. The van der Waals surface area contributed by atoms with E-state index < -0.39 is 11.7 Å². The third-order valence-electron chi connectivity index (χ3n) is 3.50. The van der Waals surface area contributed by atoms with Crippen molar-refractivity contribution in [2.75, 3.05) is 11.9 Å². The van der Waals surface area contributed by atoms with Crippen molar-refractivity contribution >= 4 is 35.0 Å². The molecule has 0 aliphatic carbocycles. The average Bonchev–Trinajstić information content (AvgIpc) is 2.61. The summed E-state index contributed by atoms with van der Waals surface area (Å²) < 4.78 is 40.0. The van der Waals surface area contributed by atoms with E-state index in [1.165, 1.54) is 0 Å². The molecule has 3 rings (SSSR count). The molecule has 0 spiro atoms. The molecule has 1 aromatic heterocycles. The number of hydrogen-bond acceptors (Lipinski definition) is 4. The zero-order chi connectivity index (χ0) is 18.7. The number of benzene rings is 2. The molecule has 0 fully saturated rings. The fraction of sp³-hybridized carbons (Fsp3) is 0.111. The predicted molar refractivity (Wildman–Crippen MR) is 97.1 cm³/mol. The van der Waals surface area contributed by atoms with Gasteiger partial charge in [0, 0.05) is 28.9 Å². The van der Waals surface area contributed by atoms with Gasteiger partial charge >= 0.3 is 6.18 Å². The Morgan fingerprint density at radius 2 is 1.77 bits per heavy atom. The highest BCUT2D eigenvalue weighted by Crippen LogP contribution is 2.39. The minimum absolute atomic E-state index is 0.150. The van der Waals surface area contributed by atoms with Crippen LogP contribution in [0.3, 0.4) is 0 Å². The van der Waals surface area contributed by atoms with Crippen LogP contribution in [0, 0.1) is 0 Å². The van der Waals surface area contributed by atoms with Crippen LogP contribution in [-0.2, 0) is 6.18 Å². The number of nitrogens with zero attached hydrogens (tertiary/aromatic N) is 3. The van der Waals surface area contributed by atoms with Crippen molar-refractivity contribution in [2.45, 2.75) is 16.1 Å². The molecule has 0 aliphatic rings. The summed E-state index contributed by atoms with van der Waals surface area (Å²) in [5.74, 6) is 0.152. The summed E-state index contributed by atoms with van der Waals surface area (Å²) >= 11 is 6.93. The second-order valence-corrected chi connectivity index (χ2v) is 6.84. The molecule has 0 saturated heterocycles. The van der Waals surface area contributed by atoms with Crippen molar-refractivity contribution in [3.8, 4) is 0 Å². The van der Waals surface area contributed by atoms with E-state index in [1.807, 2.05) is 0 Å². The zero-order valence-corrected chi connectivity index (χ0v) is 15.1. The summed E-state index contributed by atoms with van der Waals surface area (Å²) in [5, 5.41) is 0.364. The Bertz CT molecular complexity index is 904. The van der Waals surface area contributed by atoms with E-state index in [-0.39, 0.29) is 11.0 Å². The van der Waals surface area contributed by atoms with Crippen molar-refractivity contribution in [2.24, 2.45) is 0 Å². The van der Waals surface area contributed by atoms with Gasteiger partial charge in [0.05, 0.1) is 0 Å². The third-order valence-corrected chi connectivity index (χ3v) is 4.75. The van der Waals surface area contributed by atoms with Crippen molar-refractivity contribution in [3.63, 3.8) is 0 Å². The van der Waals surface area contributed by atoms with E-state index in [2.05, 4.69) is 9.97 Å². The third kappa shape index (κ3) is 4.28. The Kier molecular flexibility index (Phi) is 5.38. The van der Waals surface area contributed by atoms with Gasteiger partial charge in [-0.15, -0.1) is 0 Å². The molecular formula is C18H13ClF3N3S. The van der Waals surface area contributed by atoms with E-state index in [0.717, 1.165) is 18.0 Å². The van der Waals surface area contributed by atoms with Gasteiger partial charge in [-0.05, 0) is 30.3 Å². The van der Waals surface area contributed by atoms with Gasteiger partial charge in [0.1, 0.15) is 10.6 Å². The number of hydrogen-bond donors (Lipinski definition) is 0. The fourth-order valence-corrected chi connectivity index (χ4v) is 3.30. The van der Waals surface area contributed by atoms with Crippen LogP contribution in [0.5, 0.6) is 0 Å². The van der Waals surface area contributed by atoms with Gasteiger partial charge in [0.25, 0.3) is 0 Å². The van der Waals surface area contributed by atoms with Gasteiger partial charge in [-0.1, -0.05) is 47.6 Å². The number of aromatic nitrogens is 2. The Labute approximate surface area is 157 Å². The molecule has 3 aromatic rings. The molecule has 2 aromatic carbocycles. The number of rotatable bonds is 4. The molecule has 0 radical (unpaired) electrons. The quantitative estimate of drug-likeness (QED) is 0.501. The summed E-state index contributed by atoms with van der Waals surface area (Å²) in [7, 11) is 1.67. The lowest BCUT2D eigenvalue weighted by Crippen LogP contribution is -2.16. The monoisotopic (exact) mass is 395 g/mol. The Morgan fingerprint density at radius 3 is 2.42 bits per heavy atom. The average molecular weight is 396 g/mol. The van der Waals surface area contributed by atoms with E-state index in [1.54, 1.807) is 66.5 Å². The lowest BCUT2D eigenvalue weighted by molar-refractivity contribution is -0.140. The zero-order valence-electron chi connectivity index (χ0n) is 13.5. The number of anilines is 2. The minimum atomic E-state index is -4.54. The van der Waals surface area contributed by atoms with Gasteiger partial charge in [-0.2, -0.15) is 13.2 Å². The standard InChI is InChI=1S/C18H13ClF3N3S/c1-25(13-7-5-6-12(19)10-13)17-23-11-15(18(20,21)22)16(24-17)26-14-8-3-2-4-9-14/h2-11H,1H3. The Hall–Kier alpha value is -2.25. The molecule has 0 unspecified atom stereocenters. The molecule has 0 N–H and O–H groups in total. The summed E-state index contributed by atoms with van der Waals surface area (Å²) in [5.41, 5.74) is -0.192. The number of alkyl halides is 3. The molecule has 8 heteroatoms. The largest absolute Gasteiger partial charge is 0.420 e. The van der Waals surface area contributed by atoms with E-state index in [4.69, 9.17) is 11.6 Å². The summed E-state index contributed by atoms with van der Waals surface area (Å²) in [6, 6.07) is 15.7. The minimum Gasteiger partial charge on any atom is -0.314 e. The number of halogens is 4. The fourth-order valence-electron chi connectivity index (χ4n) is 2.19. The summed E-state index contributed by atoms with van der Waals surface area (Å²) in [4.78, 5) is 10.3. The molecule has 0 aliphatic heterocycles. The van der Waals surface area contributed by atoms with Crippen LogP contribution in [0.1, 0.15) is 5.56 Å². The van der Waals surface area contributed by atoms with Crippen molar-refractivity contribution in [1.29, 1.82) is 0 Å². The Balaban J connectivity index is 2.01. The highest BCUT2D eigenvalue weighted by Gasteiger charge is 2.35. The van der Waals surface area contributed by atoms with Gasteiger partial charge in [-0.3, -0.25) is 0 Å². The molecule has 1 heterocycles. The molecule has 0 amide bonds. The first-order valence-electron chi connectivity index (χ1n) is 7.51. The first-order chi connectivity index (χ1) is 12.3. The molecule has 26 heavy (non-hydrogen) atoms. The van der Waals surface area contributed by atoms with E-state index in [9.17, 15) is 13.2 Å². The molecular weight excluding hydrogens is 383 g/mol. The molecule has 0 saturated carbocycles. The second-order valence-electron chi connectivity index (χ2n) is 5.34. The van der Waals surface area contributed by atoms with Crippen LogP contribution in [-0.4, -0.2) is 17.0 Å². The van der Waals surface area contributed by atoms with Gasteiger partial charge in [0.15, 0.2) is 0 Å². The van der Waals surface area contributed by atoms with Crippen molar-refractivity contribution < 1.29 is 13.2 Å². The highest BCUT2D eigenvalue weighted by atomic mass is 35.5. The van der Waals surface area contributed by atoms with Crippen LogP contribution < -0.4 is 4.90 Å². The van der Waals surface area contributed by atoms with Crippen LogP contribution in [0.25, 0.3) is 0 Å². The molecule has 134 valence electrons. The molecule has 3 nitrogen and oxygen atoms in total. The maximum atomic E-state index is 13.3. The molecule has 0 atom stereocenters. The van der Waals surface area contributed by atoms with Crippen molar-refractivity contribution in [3.05, 3.63) is 71.4 Å². The lowest BCUT2D eigenvalue weighted by atomic mass is 10.3. The van der Waals surface area contributed by atoms with Crippen LogP contribution in [0.4, 0.5) is 24.8 Å². The maximum Gasteiger partial charge on any atom is 0.420 e. The van der Waals surface area contributed by atoms with E-state index >= 15 is 0 Å². The smallest absolute Gasteiger partial charge is 0.314 e. The summed E-state index contributed by atoms with van der Waals surface area (Å²) in [6.07, 6.45) is -3.72. The van der Waals surface area contributed by atoms with Gasteiger partial charge < -0.3 is 4.90 Å². The molecule has 0 bridgehead atoms. The van der Waals surface area contributed by atoms with Crippen molar-refractivity contribution in [1.82, 2.24) is 9.97 Å². The highest BCUT2D eigenvalue weighted by molar-refractivity contribution is 7.99. The SMILES string of the molecule is CN(c1cccc(Cl)c1)c1ncc(C(F)(F)F)c(Sc2ccccc2)n1. The predicted octanol–water partition coefficient (Wildman–Crippen LogP) is 6.07. The first-order valence-corrected chi connectivity index (χ1v) is 8.70. The van der Waals surface area contributed by atoms with Crippen LogP contribution >= 0.6 is 23.4 Å². The van der Waals surface area contributed by atoms with Gasteiger partial charge in [0.2, 0.25) is 5.95 Å². The van der Waals surface area contributed by atoms with Crippen LogP contribution in [0.15, 0.2) is 70.7 Å². The van der Waals surface area contributed by atoms with Crippen LogP contribution in [0.2, 0.25) is 5.02 Å². The second kappa shape index (κ2) is 7.55. The first kappa shape index (κ1) is 18.5. The normalized spacial score (nSPS) is 11.4. The maximum absolute atomic E-state index is 13.3. The van der Waals surface area contributed by atoms with Gasteiger partial charge in [-0.25, -0.2) is 9.97 Å². The lowest BCUT2D eigenvalue weighted by Gasteiger charge is -2.19. The topological polar surface area (TPSA) is 29.0 Å². The Morgan fingerprint density at radius 1 is 1.04 bits per heavy atom. The van der Waals surface area contributed by atoms with E-state index in [0.29, 0.717) is 15.6 Å².